The zero-order chi connectivity index (χ0) is 13.2. The summed E-state index contributed by atoms with van der Waals surface area (Å²) in [5.74, 6) is -3.04. The number of esters is 1. The number of alkyl halides is 2. The summed E-state index contributed by atoms with van der Waals surface area (Å²) >= 11 is 1.28. The molecule has 0 unspecified atom stereocenters. The van der Waals surface area contributed by atoms with Crippen molar-refractivity contribution in [2.24, 2.45) is 0 Å². The molecule has 4 nitrogen and oxygen atoms in total. The molecule has 7 heteroatoms. The van der Waals surface area contributed by atoms with Crippen molar-refractivity contribution in [1.82, 2.24) is 4.98 Å². The van der Waals surface area contributed by atoms with Gasteiger partial charge in [0.2, 0.25) is 0 Å². The van der Waals surface area contributed by atoms with Gasteiger partial charge in [-0.25, -0.2) is 18.6 Å². The van der Waals surface area contributed by atoms with E-state index in [4.69, 9.17) is 4.74 Å². The number of carbonyl (C=O) groups is 1. The Hall–Kier alpha value is -1.24. The van der Waals surface area contributed by atoms with Crippen LogP contribution < -0.4 is 4.90 Å². The molecule has 0 aromatic carbocycles. The van der Waals surface area contributed by atoms with Gasteiger partial charge in [0.15, 0.2) is 10.8 Å². The normalized spacial score (nSPS) is 18.7. The lowest BCUT2D eigenvalue weighted by atomic mass is 10.1. The molecule has 2 rings (SSSR count). The summed E-state index contributed by atoms with van der Waals surface area (Å²) in [5, 5.41) is 2.20. The fourth-order valence-electron chi connectivity index (χ4n) is 1.73. The van der Waals surface area contributed by atoms with Crippen molar-refractivity contribution in [3.05, 3.63) is 11.1 Å². The molecule has 1 aliphatic heterocycles. The lowest BCUT2D eigenvalue weighted by molar-refractivity contribution is -0.0220. The highest BCUT2D eigenvalue weighted by Crippen LogP contribution is 2.31. The Bertz CT molecular complexity index is 426. The van der Waals surface area contributed by atoms with E-state index in [2.05, 4.69) is 4.98 Å². The summed E-state index contributed by atoms with van der Waals surface area (Å²) < 4.78 is 30.8. The van der Waals surface area contributed by atoms with Crippen LogP contribution in [0.1, 0.15) is 30.3 Å². The molecule has 0 amide bonds. The molecule has 1 saturated heterocycles. The van der Waals surface area contributed by atoms with Crippen LogP contribution in [0.25, 0.3) is 0 Å². The zero-order valence-corrected chi connectivity index (χ0v) is 10.8. The van der Waals surface area contributed by atoms with Gasteiger partial charge < -0.3 is 9.64 Å². The molecule has 2 heterocycles. The fraction of sp³-hybridized carbons (Fsp3) is 0.636. The van der Waals surface area contributed by atoms with Crippen molar-refractivity contribution in [3.63, 3.8) is 0 Å². The highest BCUT2D eigenvalue weighted by Gasteiger charge is 2.34. The van der Waals surface area contributed by atoms with Gasteiger partial charge in [-0.05, 0) is 6.92 Å². The number of hydrogen-bond acceptors (Lipinski definition) is 5. The van der Waals surface area contributed by atoms with E-state index in [0.29, 0.717) is 11.7 Å². The smallest absolute Gasteiger partial charge is 0.357 e. The van der Waals surface area contributed by atoms with Gasteiger partial charge in [-0.1, -0.05) is 0 Å². The first-order valence-corrected chi connectivity index (χ1v) is 6.65. The van der Waals surface area contributed by atoms with Gasteiger partial charge >= 0.3 is 5.97 Å². The molecule has 0 radical (unpaired) electrons. The van der Waals surface area contributed by atoms with E-state index in [1.54, 1.807) is 17.2 Å². The second kappa shape index (κ2) is 5.17. The molecule has 0 saturated carbocycles. The molecule has 1 fully saturated rings. The molecular formula is C11H14F2N2O2S. The van der Waals surface area contributed by atoms with Gasteiger partial charge in [-0.2, -0.15) is 0 Å². The Morgan fingerprint density at radius 2 is 2.22 bits per heavy atom. The van der Waals surface area contributed by atoms with Gasteiger partial charge in [0, 0.05) is 31.3 Å². The van der Waals surface area contributed by atoms with Gasteiger partial charge in [-0.3, -0.25) is 0 Å². The lowest BCUT2D eigenvalue weighted by Gasteiger charge is -2.31. The minimum absolute atomic E-state index is 0.165. The monoisotopic (exact) mass is 276 g/mol. The number of carbonyl (C=O) groups excluding carboxylic acids is 1. The van der Waals surface area contributed by atoms with Gasteiger partial charge in [0.05, 0.1) is 6.61 Å². The van der Waals surface area contributed by atoms with Crippen molar-refractivity contribution < 1.29 is 18.3 Å². The van der Waals surface area contributed by atoms with Crippen LogP contribution in [0.4, 0.5) is 13.9 Å². The maximum Gasteiger partial charge on any atom is 0.357 e. The van der Waals surface area contributed by atoms with Gasteiger partial charge in [0.1, 0.15) is 0 Å². The van der Waals surface area contributed by atoms with Crippen LogP contribution in [-0.2, 0) is 4.74 Å². The molecule has 1 aromatic heterocycles. The average molecular weight is 276 g/mol. The Labute approximate surface area is 108 Å². The molecule has 100 valence electrons. The summed E-state index contributed by atoms with van der Waals surface area (Å²) in [6, 6.07) is 0. The summed E-state index contributed by atoms with van der Waals surface area (Å²) in [5.41, 5.74) is 0.245. The minimum atomic E-state index is -2.57. The highest BCUT2D eigenvalue weighted by atomic mass is 32.1. The van der Waals surface area contributed by atoms with Gasteiger partial charge in [-0.15, -0.1) is 11.3 Å². The molecule has 0 spiro atoms. The van der Waals surface area contributed by atoms with E-state index < -0.39 is 11.9 Å². The summed E-state index contributed by atoms with van der Waals surface area (Å²) in [6.45, 7) is 2.55. The minimum Gasteiger partial charge on any atom is -0.461 e. The van der Waals surface area contributed by atoms with E-state index in [1.165, 1.54) is 11.3 Å². The number of nitrogens with zero attached hydrogens (tertiary/aromatic N) is 2. The van der Waals surface area contributed by atoms with E-state index in [-0.39, 0.29) is 31.6 Å². The number of piperidine rings is 1. The van der Waals surface area contributed by atoms with Crippen molar-refractivity contribution >= 4 is 22.4 Å². The van der Waals surface area contributed by atoms with Crippen molar-refractivity contribution in [2.75, 3.05) is 24.6 Å². The number of thiazole rings is 1. The number of aromatic nitrogens is 1. The van der Waals surface area contributed by atoms with Crippen molar-refractivity contribution in [1.29, 1.82) is 0 Å². The zero-order valence-electron chi connectivity index (χ0n) is 9.99. The third-order valence-corrected chi connectivity index (χ3v) is 3.64. The molecule has 0 bridgehead atoms. The summed E-state index contributed by atoms with van der Waals surface area (Å²) in [7, 11) is 0. The lowest BCUT2D eigenvalue weighted by Crippen LogP contribution is -2.39. The Morgan fingerprint density at radius 1 is 1.56 bits per heavy atom. The molecule has 1 aliphatic rings. The molecule has 0 aliphatic carbocycles. The molecule has 0 N–H and O–H groups in total. The standard InChI is InChI=1S/C11H14F2N2O2S/c1-2-17-9(16)8-7-18-10(14-8)15-5-3-11(12,13)4-6-15/h7H,2-6H2,1H3. The van der Waals surface area contributed by atoms with Crippen LogP contribution in [-0.4, -0.2) is 36.6 Å². The summed E-state index contributed by atoms with van der Waals surface area (Å²) in [6.07, 6.45) is -0.331. The van der Waals surface area contributed by atoms with Crippen molar-refractivity contribution in [2.45, 2.75) is 25.7 Å². The van der Waals surface area contributed by atoms with E-state index in [1.807, 2.05) is 0 Å². The van der Waals surface area contributed by atoms with E-state index in [9.17, 15) is 13.6 Å². The SMILES string of the molecule is CCOC(=O)c1csc(N2CCC(F)(F)CC2)n1. The fourth-order valence-corrected chi connectivity index (χ4v) is 2.58. The maximum atomic E-state index is 13.0. The van der Waals surface area contributed by atoms with Crippen molar-refractivity contribution in [3.8, 4) is 0 Å². The molecule has 18 heavy (non-hydrogen) atoms. The van der Waals surface area contributed by atoms with Crippen LogP contribution in [0.2, 0.25) is 0 Å². The topological polar surface area (TPSA) is 42.4 Å². The number of hydrogen-bond donors (Lipinski definition) is 0. The quantitative estimate of drug-likeness (QED) is 0.796. The predicted molar refractivity (Wildman–Crippen MR) is 64.5 cm³/mol. The largest absolute Gasteiger partial charge is 0.461 e. The average Bonchev–Trinajstić information content (AvgIpc) is 2.79. The second-order valence-electron chi connectivity index (χ2n) is 4.08. The Balaban J connectivity index is 2.00. The van der Waals surface area contributed by atoms with E-state index in [0.717, 1.165) is 0 Å². The summed E-state index contributed by atoms with van der Waals surface area (Å²) in [4.78, 5) is 17.3. The molecular weight excluding hydrogens is 262 g/mol. The van der Waals surface area contributed by atoms with Gasteiger partial charge in [0.25, 0.3) is 5.92 Å². The third kappa shape index (κ3) is 2.95. The van der Waals surface area contributed by atoms with Crippen LogP contribution in [0, 0.1) is 0 Å². The number of anilines is 1. The maximum absolute atomic E-state index is 13.0. The predicted octanol–water partition coefficient (Wildman–Crippen LogP) is 2.56. The number of halogens is 2. The van der Waals surface area contributed by atoms with Crippen LogP contribution in [0.15, 0.2) is 5.38 Å². The Morgan fingerprint density at radius 3 is 2.83 bits per heavy atom. The first kappa shape index (κ1) is 13.2. The number of ether oxygens (including phenoxy) is 1. The third-order valence-electron chi connectivity index (χ3n) is 2.74. The molecule has 0 atom stereocenters. The van der Waals surface area contributed by atoms with Crippen LogP contribution in [0.3, 0.4) is 0 Å². The van der Waals surface area contributed by atoms with E-state index >= 15 is 0 Å². The van der Waals surface area contributed by atoms with Crippen LogP contribution in [0.5, 0.6) is 0 Å². The number of rotatable bonds is 3. The molecule has 1 aromatic rings. The second-order valence-corrected chi connectivity index (χ2v) is 4.92. The Kier molecular flexibility index (Phi) is 3.79. The first-order chi connectivity index (χ1) is 8.52. The highest BCUT2D eigenvalue weighted by molar-refractivity contribution is 7.13. The van der Waals surface area contributed by atoms with Crippen LogP contribution >= 0.6 is 11.3 Å². The first-order valence-electron chi connectivity index (χ1n) is 5.77.